The maximum absolute atomic E-state index is 13.0. The molecule has 0 atom stereocenters. The molecule has 0 aliphatic carbocycles. The molecule has 2 N–H and O–H groups in total. The van der Waals surface area contributed by atoms with Crippen LogP contribution in [0.5, 0.6) is 0 Å². The van der Waals surface area contributed by atoms with Crippen LogP contribution in [0.2, 0.25) is 0 Å². The van der Waals surface area contributed by atoms with Crippen molar-refractivity contribution in [2.75, 3.05) is 11.9 Å². The van der Waals surface area contributed by atoms with Crippen LogP contribution in [-0.4, -0.2) is 17.6 Å². The van der Waals surface area contributed by atoms with Crippen LogP contribution in [0.1, 0.15) is 26.5 Å². The molecule has 0 radical (unpaired) electrons. The van der Waals surface area contributed by atoms with E-state index in [9.17, 15) is 9.18 Å². The average Bonchev–Trinajstić information content (AvgIpc) is 2.91. The Balaban J connectivity index is 2.09. The molecule has 0 spiro atoms. The van der Waals surface area contributed by atoms with Crippen molar-refractivity contribution < 1.29 is 14.3 Å². The molecule has 21 heavy (non-hydrogen) atoms. The van der Waals surface area contributed by atoms with Gasteiger partial charge in [0.05, 0.1) is 16.4 Å². The monoisotopic (exact) mass is 303 g/mol. The van der Waals surface area contributed by atoms with Gasteiger partial charge in [-0.05, 0) is 42.8 Å². The van der Waals surface area contributed by atoms with Gasteiger partial charge in [-0.3, -0.25) is 4.79 Å². The number of aryl methyl sites for hydroxylation is 1. The van der Waals surface area contributed by atoms with Crippen molar-refractivity contribution in [3.63, 3.8) is 0 Å². The second-order valence-corrected chi connectivity index (χ2v) is 5.44. The van der Waals surface area contributed by atoms with E-state index in [0.717, 1.165) is 4.88 Å². The van der Waals surface area contributed by atoms with Gasteiger partial charge in [0.15, 0.2) is 0 Å². The third-order valence-corrected chi connectivity index (χ3v) is 3.71. The van der Waals surface area contributed by atoms with Crippen molar-refractivity contribution >= 4 is 22.9 Å². The standard InChI is InChI=1S/C16H14FNO2S/c1-11-10-12(17)5-7-14(11)18-16(20)15-8-6-13(21-15)4-2-3-9-19/h5-8,10,19H,3,9H2,1H3,(H,18,20). The van der Waals surface area contributed by atoms with Crippen molar-refractivity contribution in [2.24, 2.45) is 0 Å². The molecule has 0 aliphatic heterocycles. The number of carbonyl (C=O) groups excluding carboxylic acids is 1. The summed E-state index contributed by atoms with van der Waals surface area (Å²) in [4.78, 5) is 13.4. The summed E-state index contributed by atoms with van der Waals surface area (Å²) in [5.74, 6) is 5.11. The van der Waals surface area contributed by atoms with Crippen LogP contribution >= 0.6 is 11.3 Å². The Hall–Kier alpha value is -2.16. The van der Waals surface area contributed by atoms with Gasteiger partial charge in [0.1, 0.15) is 5.82 Å². The van der Waals surface area contributed by atoms with Gasteiger partial charge in [-0.1, -0.05) is 11.8 Å². The summed E-state index contributed by atoms with van der Waals surface area (Å²) < 4.78 is 13.0. The van der Waals surface area contributed by atoms with Crippen molar-refractivity contribution in [1.82, 2.24) is 0 Å². The minimum Gasteiger partial charge on any atom is -0.395 e. The zero-order valence-electron chi connectivity index (χ0n) is 11.4. The first-order valence-electron chi connectivity index (χ1n) is 6.37. The Morgan fingerprint density at radius 1 is 1.38 bits per heavy atom. The molecule has 0 saturated heterocycles. The summed E-state index contributed by atoms with van der Waals surface area (Å²) in [6, 6.07) is 7.68. The first kappa shape index (κ1) is 15.2. The fourth-order valence-corrected chi connectivity index (χ4v) is 2.46. The van der Waals surface area contributed by atoms with Crippen LogP contribution in [-0.2, 0) is 0 Å². The van der Waals surface area contributed by atoms with Gasteiger partial charge in [-0.15, -0.1) is 11.3 Å². The molecular weight excluding hydrogens is 289 g/mol. The topological polar surface area (TPSA) is 49.3 Å². The molecule has 2 aromatic rings. The fourth-order valence-electron chi connectivity index (χ4n) is 1.68. The van der Waals surface area contributed by atoms with Crippen molar-refractivity contribution in [1.29, 1.82) is 0 Å². The quantitative estimate of drug-likeness (QED) is 0.856. The lowest BCUT2D eigenvalue weighted by Gasteiger charge is -2.06. The third kappa shape index (κ3) is 4.15. The molecule has 0 fully saturated rings. The van der Waals surface area contributed by atoms with Crippen LogP contribution in [0.25, 0.3) is 0 Å². The predicted molar refractivity (Wildman–Crippen MR) is 82.0 cm³/mol. The van der Waals surface area contributed by atoms with Crippen molar-refractivity contribution in [3.8, 4) is 11.8 Å². The zero-order valence-corrected chi connectivity index (χ0v) is 12.3. The molecule has 3 nitrogen and oxygen atoms in total. The summed E-state index contributed by atoms with van der Waals surface area (Å²) in [7, 11) is 0. The minimum atomic E-state index is -0.330. The Morgan fingerprint density at radius 2 is 2.19 bits per heavy atom. The lowest BCUT2D eigenvalue weighted by Crippen LogP contribution is -2.11. The molecule has 1 aromatic heterocycles. The van der Waals surface area contributed by atoms with E-state index in [4.69, 9.17) is 5.11 Å². The summed E-state index contributed by atoms with van der Waals surface area (Å²) in [5.41, 5.74) is 1.26. The van der Waals surface area contributed by atoms with Crippen molar-refractivity contribution in [2.45, 2.75) is 13.3 Å². The van der Waals surface area contributed by atoms with E-state index in [1.807, 2.05) is 0 Å². The van der Waals surface area contributed by atoms with Gasteiger partial charge in [0, 0.05) is 12.1 Å². The van der Waals surface area contributed by atoms with E-state index < -0.39 is 0 Å². The normalized spacial score (nSPS) is 9.86. The highest BCUT2D eigenvalue weighted by atomic mass is 32.1. The number of thiophene rings is 1. The summed E-state index contributed by atoms with van der Waals surface area (Å²) >= 11 is 1.28. The third-order valence-electron chi connectivity index (χ3n) is 2.71. The SMILES string of the molecule is Cc1cc(F)ccc1NC(=O)c1ccc(C#CCCO)s1. The summed E-state index contributed by atoms with van der Waals surface area (Å²) in [6.07, 6.45) is 0.411. The smallest absolute Gasteiger partial charge is 0.265 e. The van der Waals surface area contributed by atoms with Crippen LogP contribution in [0.3, 0.4) is 0 Å². The van der Waals surface area contributed by atoms with Gasteiger partial charge >= 0.3 is 0 Å². The number of rotatable bonds is 3. The van der Waals surface area contributed by atoms with Crippen molar-refractivity contribution in [3.05, 3.63) is 51.5 Å². The number of hydrogen-bond donors (Lipinski definition) is 2. The molecule has 0 unspecified atom stereocenters. The van der Waals surface area contributed by atoms with Gasteiger partial charge in [-0.25, -0.2) is 4.39 Å². The molecule has 108 valence electrons. The second kappa shape index (κ2) is 7.02. The van der Waals surface area contributed by atoms with Gasteiger partial charge in [0.2, 0.25) is 0 Å². The molecule has 2 rings (SSSR count). The van der Waals surface area contributed by atoms with E-state index in [2.05, 4.69) is 17.2 Å². The molecule has 0 saturated carbocycles. The van der Waals surface area contributed by atoms with E-state index in [1.165, 1.54) is 29.5 Å². The first-order chi connectivity index (χ1) is 10.1. The average molecular weight is 303 g/mol. The van der Waals surface area contributed by atoms with E-state index in [-0.39, 0.29) is 18.3 Å². The number of aliphatic hydroxyl groups excluding tert-OH is 1. The Morgan fingerprint density at radius 3 is 2.90 bits per heavy atom. The van der Waals surface area contributed by atoms with Crippen LogP contribution in [0.15, 0.2) is 30.3 Å². The maximum Gasteiger partial charge on any atom is 0.265 e. The molecule has 1 heterocycles. The van der Waals surface area contributed by atoms with Crippen LogP contribution in [0.4, 0.5) is 10.1 Å². The van der Waals surface area contributed by atoms with Gasteiger partial charge < -0.3 is 10.4 Å². The number of carbonyl (C=O) groups is 1. The summed E-state index contributed by atoms with van der Waals surface area (Å²) in [5, 5.41) is 11.4. The predicted octanol–water partition coefficient (Wildman–Crippen LogP) is 3.18. The number of nitrogens with one attached hydrogen (secondary N) is 1. The second-order valence-electron chi connectivity index (χ2n) is 4.35. The van der Waals surface area contributed by atoms with Crippen LogP contribution in [0, 0.1) is 24.6 Å². The molecular formula is C16H14FNO2S. The van der Waals surface area contributed by atoms with E-state index >= 15 is 0 Å². The first-order valence-corrected chi connectivity index (χ1v) is 7.19. The number of amides is 1. The largest absolute Gasteiger partial charge is 0.395 e. The number of aliphatic hydroxyl groups is 1. The van der Waals surface area contributed by atoms with Gasteiger partial charge in [-0.2, -0.15) is 0 Å². The molecule has 5 heteroatoms. The number of anilines is 1. The zero-order chi connectivity index (χ0) is 15.2. The number of hydrogen-bond acceptors (Lipinski definition) is 3. The highest BCUT2D eigenvalue weighted by molar-refractivity contribution is 7.14. The lowest BCUT2D eigenvalue weighted by molar-refractivity contribution is 0.103. The molecule has 1 aromatic carbocycles. The minimum absolute atomic E-state index is 0.0234. The Bertz CT molecular complexity index is 713. The highest BCUT2D eigenvalue weighted by Gasteiger charge is 2.10. The van der Waals surface area contributed by atoms with E-state index in [1.54, 1.807) is 19.1 Å². The lowest BCUT2D eigenvalue weighted by atomic mass is 10.2. The van der Waals surface area contributed by atoms with Crippen LogP contribution < -0.4 is 5.32 Å². The fraction of sp³-hybridized carbons (Fsp3) is 0.188. The van der Waals surface area contributed by atoms with E-state index in [0.29, 0.717) is 22.5 Å². The highest BCUT2D eigenvalue weighted by Crippen LogP contribution is 2.20. The van der Waals surface area contributed by atoms with Gasteiger partial charge in [0.25, 0.3) is 5.91 Å². The summed E-state index contributed by atoms with van der Waals surface area (Å²) in [6.45, 7) is 1.76. The maximum atomic E-state index is 13.0. The molecule has 1 amide bonds. The number of halogens is 1. The number of benzene rings is 1. The Kier molecular flexibility index (Phi) is 5.09. The Labute approximate surface area is 126 Å². The molecule has 0 aliphatic rings. The molecule has 0 bridgehead atoms.